The SMILES string of the molecule is [SiH3][SiH2]NCl. The molecule has 0 saturated heterocycles. The van der Waals surface area contributed by atoms with Crippen LogP contribution in [0, 0.1) is 0 Å². The number of nitrogens with one attached hydrogen (secondary N) is 1. The molecule has 0 rings (SSSR count). The van der Waals surface area contributed by atoms with Crippen LogP contribution in [0.3, 0.4) is 0 Å². The molecule has 4 heavy (non-hydrogen) atoms. The molecular weight excluding hydrogens is 106 g/mol. The lowest BCUT2D eigenvalue weighted by atomic mass is 13.9. The largest absolute Gasteiger partial charge is 0.266 e. The van der Waals surface area contributed by atoms with Gasteiger partial charge in [0.25, 0.3) is 0 Å². The van der Waals surface area contributed by atoms with Gasteiger partial charge in [0.2, 0.25) is 0 Å². The Morgan fingerprint density at radius 1 is 2.00 bits per heavy atom. The van der Waals surface area contributed by atoms with Crippen molar-refractivity contribution in [3.63, 3.8) is 0 Å². The molecule has 1 nitrogen and oxygen atoms in total. The molecule has 0 unspecified atom stereocenters. The summed E-state index contributed by atoms with van der Waals surface area (Å²) in [5, 5.41) is 0. The Balaban J connectivity index is 1.97. The lowest BCUT2D eigenvalue weighted by Crippen LogP contribution is -2.03. The highest BCUT2D eigenvalue weighted by Crippen LogP contribution is 1.43. The molecule has 0 radical (unpaired) electrons. The van der Waals surface area contributed by atoms with E-state index in [1.807, 2.05) is 0 Å². The summed E-state index contributed by atoms with van der Waals surface area (Å²) in [7, 11) is 1.36. The first-order chi connectivity index (χ1) is 1.91. The van der Waals surface area contributed by atoms with Crippen LogP contribution in [0.5, 0.6) is 0 Å². The average Bonchev–Trinajstić information content (AvgIpc) is 1.37. The number of rotatable bonds is 1. The second-order valence-corrected chi connectivity index (χ2v) is 4.38. The molecule has 0 aromatic rings. The average molecular weight is 112 g/mol. The molecule has 1 N–H and O–H groups in total. The zero-order valence-electron chi connectivity index (χ0n) is 2.59. The third kappa shape index (κ3) is 2.68. The van der Waals surface area contributed by atoms with Crippen LogP contribution < -0.4 is 4.50 Å². The maximum Gasteiger partial charge on any atom is 0.0919 e. The molecule has 4 heteroatoms. The minimum absolute atomic E-state index is 0.0787. The standard InChI is InChI=1S/ClH6NSi2/c1-2-4-3/h2H,4H2,3H3. The van der Waals surface area contributed by atoms with Crippen LogP contribution >= 0.6 is 11.8 Å². The first-order valence-corrected chi connectivity index (χ1v) is 7.99. The van der Waals surface area contributed by atoms with Crippen LogP contribution in [0.1, 0.15) is 0 Å². The molecule has 0 aromatic heterocycles. The van der Waals surface area contributed by atoms with E-state index in [1.54, 1.807) is 0 Å². The fourth-order valence-electron chi connectivity index (χ4n) is 0. The Morgan fingerprint density at radius 3 is 2.25 bits per heavy atom. The monoisotopic (exact) mass is 111 g/mol. The van der Waals surface area contributed by atoms with Crippen LogP contribution in [-0.2, 0) is 0 Å². The minimum atomic E-state index is 0.0787. The smallest absolute Gasteiger partial charge is 0.0919 e. The van der Waals surface area contributed by atoms with Gasteiger partial charge in [0.15, 0.2) is 0 Å². The van der Waals surface area contributed by atoms with Crippen LogP contribution in [-0.4, -0.2) is 19.0 Å². The molecule has 0 bridgehead atoms. The molecule has 0 fully saturated rings. The maximum atomic E-state index is 5.03. The predicted octanol–water partition coefficient (Wildman–Crippen LogP) is -1.91. The summed E-state index contributed by atoms with van der Waals surface area (Å²) in [6.45, 7) is 0. The summed E-state index contributed by atoms with van der Waals surface area (Å²) in [6, 6.07) is 0. The Kier molecular flexibility index (Phi) is 4.31. The van der Waals surface area contributed by atoms with Gasteiger partial charge < -0.3 is 0 Å². The minimum Gasteiger partial charge on any atom is -0.266 e. The highest BCUT2D eigenvalue weighted by molar-refractivity contribution is 6.90. The van der Waals surface area contributed by atoms with E-state index in [-0.39, 0.29) is 9.20 Å². The molecule has 0 heterocycles. The lowest BCUT2D eigenvalue weighted by Gasteiger charge is -1.70. The van der Waals surface area contributed by atoms with Crippen molar-refractivity contribution in [3.05, 3.63) is 0 Å². The molecule has 0 aliphatic rings. The normalized spacial score (nSPS) is 11.2. The topological polar surface area (TPSA) is 12.0 Å². The first kappa shape index (κ1) is 4.68. The van der Waals surface area contributed by atoms with E-state index in [2.05, 4.69) is 4.50 Å². The van der Waals surface area contributed by atoms with Crippen LogP contribution in [0.25, 0.3) is 0 Å². The molecule has 26 valence electrons. The summed E-state index contributed by atoms with van der Waals surface area (Å²) < 4.78 is 2.60. The molecule has 0 saturated carbocycles. The Hall–Kier alpha value is 0.684. The Bertz CT molecular complexity index is 8.00. The van der Waals surface area contributed by atoms with E-state index in [0.29, 0.717) is 0 Å². The van der Waals surface area contributed by atoms with Gasteiger partial charge in [0.1, 0.15) is 0 Å². The quantitative estimate of drug-likeness (QED) is 0.308. The molecular formula is H6ClNSi2. The zero-order chi connectivity index (χ0) is 3.41. The number of hydrogen-bond acceptors (Lipinski definition) is 1. The number of halogens is 1. The van der Waals surface area contributed by atoms with Gasteiger partial charge in [-0.15, -0.1) is 0 Å². The third-order valence-electron chi connectivity index (χ3n) is 0.134. The van der Waals surface area contributed by atoms with Crippen molar-refractivity contribution in [2.24, 2.45) is 0 Å². The maximum absolute atomic E-state index is 5.03. The molecule has 0 aliphatic heterocycles. The van der Waals surface area contributed by atoms with Crippen molar-refractivity contribution in [2.45, 2.75) is 0 Å². The Labute approximate surface area is 36.0 Å². The van der Waals surface area contributed by atoms with E-state index >= 15 is 0 Å². The third-order valence-corrected chi connectivity index (χ3v) is 3.61. The Morgan fingerprint density at radius 2 is 2.25 bits per heavy atom. The summed E-state index contributed by atoms with van der Waals surface area (Å²) >= 11 is 5.03. The number of hydrogen-bond donors (Lipinski definition) is 1. The highest BCUT2D eigenvalue weighted by atomic mass is 35.5. The zero-order valence-corrected chi connectivity index (χ0v) is 6.76. The van der Waals surface area contributed by atoms with Crippen LogP contribution in [0.4, 0.5) is 0 Å². The fourth-order valence-corrected chi connectivity index (χ4v) is 0. The molecule has 0 aromatic carbocycles. The van der Waals surface area contributed by atoms with Crippen molar-refractivity contribution >= 4 is 30.7 Å². The van der Waals surface area contributed by atoms with E-state index < -0.39 is 0 Å². The first-order valence-electron chi connectivity index (χ1n) is 1.25. The predicted molar refractivity (Wildman–Crippen MR) is 27.5 cm³/mol. The molecule has 0 aliphatic carbocycles. The molecule has 0 atom stereocenters. The van der Waals surface area contributed by atoms with Gasteiger partial charge in [-0.05, 0) is 11.8 Å². The summed E-state index contributed by atoms with van der Waals surface area (Å²) in [6.07, 6.45) is 0. The van der Waals surface area contributed by atoms with E-state index in [1.165, 1.54) is 9.76 Å². The van der Waals surface area contributed by atoms with Crippen LogP contribution in [0.15, 0.2) is 0 Å². The van der Waals surface area contributed by atoms with Crippen molar-refractivity contribution < 1.29 is 0 Å². The van der Waals surface area contributed by atoms with Gasteiger partial charge in [-0.1, -0.05) is 0 Å². The van der Waals surface area contributed by atoms with Gasteiger partial charge in [-0.2, -0.15) is 0 Å². The van der Waals surface area contributed by atoms with Gasteiger partial charge in [0, 0.05) is 9.76 Å². The summed E-state index contributed by atoms with van der Waals surface area (Å²) in [4.78, 5) is 0. The van der Waals surface area contributed by atoms with Gasteiger partial charge in [-0.3, -0.25) is 4.50 Å². The van der Waals surface area contributed by atoms with Crippen molar-refractivity contribution in [3.8, 4) is 0 Å². The van der Waals surface area contributed by atoms with E-state index in [0.717, 1.165) is 0 Å². The van der Waals surface area contributed by atoms with E-state index in [9.17, 15) is 0 Å². The van der Waals surface area contributed by atoms with Gasteiger partial charge in [0.05, 0.1) is 9.20 Å². The summed E-state index contributed by atoms with van der Waals surface area (Å²) in [5.41, 5.74) is 0. The molecule has 0 amide bonds. The van der Waals surface area contributed by atoms with E-state index in [4.69, 9.17) is 11.8 Å². The summed E-state index contributed by atoms with van der Waals surface area (Å²) in [5.74, 6) is 0. The van der Waals surface area contributed by atoms with Gasteiger partial charge in [-0.25, -0.2) is 0 Å². The second-order valence-electron chi connectivity index (χ2n) is 0.487. The van der Waals surface area contributed by atoms with Crippen molar-refractivity contribution in [1.82, 2.24) is 4.50 Å². The fraction of sp³-hybridized carbons (Fsp3) is 0. The highest BCUT2D eigenvalue weighted by Gasteiger charge is 1.57. The van der Waals surface area contributed by atoms with Crippen molar-refractivity contribution in [1.29, 1.82) is 0 Å². The van der Waals surface area contributed by atoms with Crippen molar-refractivity contribution in [2.75, 3.05) is 0 Å². The lowest BCUT2D eigenvalue weighted by molar-refractivity contribution is 1.67. The molecule has 0 spiro atoms. The van der Waals surface area contributed by atoms with Crippen LogP contribution in [0.2, 0.25) is 0 Å². The second kappa shape index (κ2) is 3.68. The van der Waals surface area contributed by atoms with Gasteiger partial charge >= 0.3 is 0 Å².